The Morgan fingerprint density at radius 2 is 2.00 bits per heavy atom. The SMILES string of the molecule is CCC(C)N(CC(=O)O)C(=O)CC(C)c1cccc(OC)c1. The van der Waals surface area contributed by atoms with E-state index < -0.39 is 5.97 Å². The Balaban J connectivity index is 2.80. The molecule has 5 nitrogen and oxygen atoms in total. The molecule has 0 bridgehead atoms. The maximum atomic E-state index is 12.4. The summed E-state index contributed by atoms with van der Waals surface area (Å²) in [6.07, 6.45) is 1.01. The second-order valence-corrected chi connectivity index (χ2v) is 5.55. The van der Waals surface area contributed by atoms with Crippen LogP contribution >= 0.6 is 0 Å². The number of methoxy groups -OCH3 is 1. The summed E-state index contributed by atoms with van der Waals surface area (Å²) in [6, 6.07) is 7.52. The highest BCUT2D eigenvalue weighted by molar-refractivity contribution is 5.82. The summed E-state index contributed by atoms with van der Waals surface area (Å²) in [5.74, 6) is -0.362. The van der Waals surface area contributed by atoms with Crippen molar-refractivity contribution in [3.05, 3.63) is 29.8 Å². The maximum Gasteiger partial charge on any atom is 0.323 e. The van der Waals surface area contributed by atoms with Gasteiger partial charge in [-0.05, 0) is 37.0 Å². The molecule has 2 unspecified atom stereocenters. The van der Waals surface area contributed by atoms with E-state index in [2.05, 4.69) is 0 Å². The molecule has 0 spiro atoms. The summed E-state index contributed by atoms with van der Waals surface area (Å²) in [5.41, 5.74) is 1.01. The summed E-state index contributed by atoms with van der Waals surface area (Å²) in [4.78, 5) is 24.9. The molecule has 1 amide bonds. The predicted octanol–water partition coefficient (Wildman–Crippen LogP) is 2.90. The Morgan fingerprint density at radius 1 is 1.32 bits per heavy atom. The third-order valence-electron chi connectivity index (χ3n) is 3.89. The second-order valence-electron chi connectivity index (χ2n) is 5.55. The third kappa shape index (κ3) is 5.06. The van der Waals surface area contributed by atoms with E-state index in [4.69, 9.17) is 9.84 Å². The zero-order chi connectivity index (χ0) is 16.7. The molecule has 5 heteroatoms. The molecule has 0 aromatic heterocycles. The number of hydrogen-bond donors (Lipinski definition) is 1. The molecule has 122 valence electrons. The number of aliphatic carboxylic acids is 1. The third-order valence-corrected chi connectivity index (χ3v) is 3.89. The lowest BCUT2D eigenvalue weighted by atomic mass is 9.96. The normalized spacial score (nSPS) is 13.3. The summed E-state index contributed by atoms with van der Waals surface area (Å²) >= 11 is 0. The van der Waals surface area contributed by atoms with E-state index in [0.717, 1.165) is 17.7 Å². The molecule has 0 fully saturated rings. The number of carbonyl (C=O) groups is 2. The molecule has 2 atom stereocenters. The lowest BCUT2D eigenvalue weighted by Crippen LogP contribution is -2.42. The van der Waals surface area contributed by atoms with Gasteiger partial charge >= 0.3 is 5.97 Å². The topological polar surface area (TPSA) is 66.8 Å². The van der Waals surface area contributed by atoms with E-state index in [1.54, 1.807) is 7.11 Å². The van der Waals surface area contributed by atoms with Crippen LogP contribution in [-0.4, -0.2) is 41.6 Å². The molecule has 0 radical (unpaired) electrons. The first-order valence-electron chi connectivity index (χ1n) is 7.54. The van der Waals surface area contributed by atoms with Crippen molar-refractivity contribution >= 4 is 11.9 Å². The van der Waals surface area contributed by atoms with Gasteiger partial charge in [-0.3, -0.25) is 9.59 Å². The lowest BCUT2D eigenvalue weighted by Gasteiger charge is -2.28. The summed E-state index contributed by atoms with van der Waals surface area (Å²) in [7, 11) is 1.60. The molecule has 1 N–H and O–H groups in total. The molecule has 0 aliphatic heterocycles. The van der Waals surface area contributed by atoms with Gasteiger partial charge in [0.05, 0.1) is 7.11 Å². The molecule has 0 aliphatic rings. The van der Waals surface area contributed by atoms with E-state index in [-0.39, 0.29) is 30.8 Å². The average molecular weight is 307 g/mol. The van der Waals surface area contributed by atoms with Crippen LogP contribution in [0.4, 0.5) is 0 Å². The van der Waals surface area contributed by atoms with Crippen LogP contribution in [0, 0.1) is 0 Å². The first kappa shape index (κ1) is 18.0. The summed E-state index contributed by atoms with van der Waals surface area (Å²) in [5, 5.41) is 8.99. The Labute approximate surface area is 131 Å². The van der Waals surface area contributed by atoms with Gasteiger partial charge in [0.25, 0.3) is 0 Å². The van der Waals surface area contributed by atoms with Crippen LogP contribution in [0.2, 0.25) is 0 Å². The quantitative estimate of drug-likeness (QED) is 0.802. The van der Waals surface area contributed by atoms with Crippen molar-refractivity contribution < 1.29 is 19.4 Å². The fourth-order valence-corrected chi connectivity index (χ4v) is 2.30. The Hall–Kier alpha value is -2.04. The summed E-state index contributed by atoms with van der Waals surface area (Å²) < 4.78 is 5.19. The van der Waals surface area contributed by atoms with Gasteiger partial charge in [-0.1, -0.05) is 26.0 Å². The fourth-order valence-electron chi connectivity index (χ4n) is 2.30. The van der Waals surface area contributed by atoms with Crippen LogP contribution in [0.3, 0.4) is 0 Å². The first-order valence-corrected chi connectivity index (χ1v) is 7.54. The molecular weight excluding hydrogens is 282 g/mol. The van der Waals surface area contributed by atoms with Gasteiger partial charge in [0.15, 0.2) is 0 Å². The van der Waals surface area contributed by atoms with Crippen LogP contribution in [0.5, 0.6) is 5.75 Å². The minimum atomic E-state index is -0.984. The number of rotatable bonds is 8. The zero-order valence-electron chi connectivity index (χ0n) is 13.7. The van der Waals surface area contributed by atoms with Gasteiger partial charge < -0.3 is 14.7 Å². The second kappa shape index (κ2) is 8.41. The molecule has 1 rings (SSSR count). The van der Waals surface area contributed by atoms with Crippen LogP contribution < -0.4 is 4.74 Å². The van der Waals surface area contributed by atoms with Crippen molar-refractivity contribution in [2.75, 3.05) is 13.7 Å². The van der Waals surface area contributed by atoms with Crippen molar-refractivity contribution in [1.82, 2.24) is 4.90 Å². The minimum Gasteiger partial charge on any atom is -0.497 e. The van der Waals surface area contributed by atoms with Crippen molar-refractivity contribution in [1.29, 1.82) is 0 Å². The highest BCUT2D eigenvalue weighted by Gasteiger charge is 2.23. The molecule has 0 saturated heterocycles. The Kier molecular flexibility index (Phi) is 6.89. The van der Waals surface area contributed by atoms with Crippen LogP contribution in [0.1, 0.15) is 45.1 Å². The number of carboxylic acid groups (broad SMARTS) is 1. The Bertz CT molecular complexity index is 515. The number of amides is 1. The monoisotopic (exact) mass is 307 g/mol. The molecule has 0 aliphatic carbocycles. The minimum absolute atomic E-state index is 0.00273. The van der Waals surface area contributed by atoms with Crippen LogP contribution in [-0.2, 0) is 9.59 Å². The van der Waals surface area contributed by atoms with Gasteiger partial charge in [0, 0.05) is 12.5 Å². The molecular formula is C17H25NO4. The number of benzene rings is 1. The first-order chi connectivity index (χ1) is 10.4. The molecule has 0 heterocycles. The number of hydrogen-bond acceptors (Lipinski definition) is 3. The standard InChI is InChI=1S/C17H25NO4/c1-5-13(3)18(11-17(20)21)16(19)9-12(2)14-7-6-8-15(10-14)22-4/h6-8,10,12-13H,5,9,11H2,1-4H3,(H,20,21). The average Bonchev–Trinajstić information content (AvgIpc) is 2.51. The van der Waals surface area contributed by atoms with Gasteiger partial charge in [0.2, 0.25) is 5.91 Å². The van der Waals surface area contributed by atoms with Crippen molar-refractivity contribution in [2.24, 2.45) is 0 Å². The van der Waals surface area contributed by atoms with E-state index in [1.807, 2.05) is 45.0 Å². The largest absolute Gasteiger partial charge is 0.497 e. The van der Waals surface area contributed by atoms with Gasteiger partial charge in [-0.2, -0.15) is 0 Å². The zero-order valence-corrected chi connectivity index (χ0v) is 13.7. The number of nitrogens with zero attached hydrogens (tertiary/aromatic N) is 1. The van der Waals surface area contributed by atoms with Crippen molar-refractivity contribution in [3.63, 3.8) is 0 Å². The number of carbonyl (C=O) groups excluding carboxylic acids is 1. The highest BCUT2D eigenvalue weighted by atomic mass is 16.5. The fraction of sp³-hybridized carbons (Fsp3) is 0.529. The molecule has 0 saturated carbocycles. The van der Waals surface area contributed by atoms with Crippen molar-refractivity contribution in [2.45, 2.75) is 45.6 Å². The molecule has 1 aromatic rings. The lowest BCUT2D eigenvalue weighted by molar-refractivity contribution is -0.146. The van der Waals surface area contributed by atoms with E-state index in [9.17, 15) is 9.59 Å². The highest BCUT2D eigenvalue weighted by Crippen LogP contribution is 2.24. The van der Waals surface area contributed by atoms with Crippen LogP contribution in [0.25, 0.3) is 0 Å². The van der Waals surface area contributed by atoms with Gasteiger partial charge in [-0.15, -0.1) is 0 Å². The van der Waals surface area contributed by atoms with E-state index >= 15 is 0 Å². The predicted molar refractivity (Wildman–Crippen MR) is 85.1 cm³/mol. The van der Waals surface area contributed by atoms with Gasteiger partial charge in [-0.25, -0.2) is 0 Å². The number of carboxylic acids is 1. The van der Waals surface area contributed by atoms with E-state index in [0.29, 0.717) is 0 Å². The van der Waals surface area contributed by atoms with Gasteiger partial charge in [0.1, 0.15) is 12.3 Å². The molecule has 22 heavy (non-hydrogen) atoms. The number of ether oxygens (including phenoxy) is 1. The summed E-state index contributed by atoms with van der Waals surface area (Å²) in [6.45, 7) is 5.52. The van der Waals surface area contributed by atoms with Crippen molar-refractivity contribution in [3.8, 4) is 5.75 Å². The van der Waals surface area contributed by atoms with Crippen LogP contribution in [0.15, 0.2) is 24.3 Å². The Morgan fingerprint density at radius 3 is 2.55 bits per heavy atom. The molecule has 1 aromatic carbocycles. The van der Waals surface area contributed by atoms with E-state index in [1.165, 1.54) is 4.90 Å². The maximum absolute atomic E-state index is 12.4. The smallest absolute Gasteiger partial charge is 0.323 e.